The monoisotopic (exact) mass is 142 g/mol. The van der Waals surface area contributed by atoms with Crippen LogP contribution in [0.5, 0.6) is 0 Å². The summed E-state index contributed by atoms with van der Waals surface area (Å²) in [6, 6.07) is 1.73. The highest BCUT2D eigenvalue weighted by molar-refractivity contribution is 4.99. The van der Waals surface area contributed by atoms with E-state index in [0.717, 1.165) is 5.69 Å². The predicted octanol–water partition coefficient (Wildman–Crippen LogP) is 1.72. The fourth-order valence-electron chi connectivity index (χ4n) is 0.457. The quantitative estimate of drug-likeness (QED) is 0.649. The van der Waals surface area contributed by atoms with Crippen LogP contribution in [0, 0.1) is 0 Å². The predicted molar refractivity (Wildman–Crippen MR) is 40.5 cm³/mol. The van der Waals surface area contributed by atoms with Gasteiger partial charge in [-0.1, -0.05) is 19.0 Å². The highest BCUT2D eigenvalue weighted by atomic mass is 16.5. The second kappa shape index (κ2) is 4.99. The Kier molecular flexibility index (Phi) is 4.58. The molecule has 0 spiro atoms. The van der Waals surface area contributed by atoms with E-state index in [-0.39, 0.29) is 6.04 Å². The second-order valence-electron chi connectivity index (χ2n) is 1.71. The van der Waals surface area contributed by atoms with Gasteiger partial charge in [0.15, 0.2) is 0 Å². The van der Waals surface area contributed by atoms with Crippen molar-refractivity contribution in [3.8, 4) is 0 Å². The first kappa shape index (κ1) is 9.17. The van der Waals surface area contributed by atoms with Crippen molar-refractivity contribution in [3.63, 3.8) is 0 Å². The highest BCUT2D eigenvalue weighted by Gasteiger charge is 1.99. The molecule has 3 heteroatoms. The Balaban J connectivity index is 0.000000371. The van der Waals surface area contributed by atoms with E-state index in [9.17, 15) is 0 Å². The number of nitrogens with zero attached hydrogens (tertiary/aromatic N) is 1. The van der Waals surface area contributed by atoms with Gasteiger partial charge in [-0.05, 0) is 6.92 Å². The summed E-state index contributed by atoms with van der Waals surface area (Å²) < 4.78 is 4.55. The molecule has 0 aromatic carbocycles. The largest absolute Gasteiger partial charge is 0.364 e. The third-order valence-corrected chi connectivity index (χ3v) is 0.924. The van der Waals surface area contributed by atoms with E-state index in [1.807, 2.05) is 20.8 Å². The molecular weight excluding hydrogens is 128 g/mol. The van der Waals surface area contributed by atoms with Gasteiger partial charge in [0.05, 0.1) is 5.69 Å². The molecule has 0 aliphatic rings. The third-order valence-electron chi connectivity index (χ3n) is 0.924. The van der Waals surface area contributed by atoms with Gasteiger partial charge in [0.2, 0.25) is 0 Å². The summed E-state index contributed by atoms with van der Waals surface area (Å²) in [5.74, 6) is 0. The van der Waals surface area contributed by atoms with Crippen molar-refractivity contribution in [1.29, 1.82) is 0 Å². The molecule has 0 bridgehead atoms. The summed E-state index contributed by atoms with van der Waals surface area (Å²) in [6.07, 6.45) is 1.51. The van der Waals surface area contributed by atoms with Crippen molar-refractivity contribution in [3.05, 3.63) is 18.0 Å². The topological polar surface area (TPSA) is 52.0 Å². The van der Waals surface area contributed by atoms with E-state index in [1.54, 1.807) is 6.07 Å². The second-order valence-corrected chi connectivity index (χ2v) is 1.71. The summed E-state index contributed by atoms with van der Waals surface area (Å²) in [7, 11) is 0. The number of nitrogens with two attached hydrogens (primary N) is 1. The summed E-state index contributed by atoms with van der Waals surface area (Å²) in [6.45, 7) is 5.86. The average molecular weight is 142 g/mol. The maximum atomic E-state index is 5.44. The Hall–Kier alpha value is -0.830. The molecule has 0 aliphatic carbocycles. The van der Waals surface area contributed by atoms with Crippen LogP contribution in [0.3, 0.4) is 0 Å². The van der Waals surface area contributed by atoms with Crippen LogP contribution < -0.4 is 5.73 Å². The molecule has 1 atom stereocenters. The lowest BCUT2D eigenvalue weighted by molar-refractivity contribution is 0.407. The standard InChI is InChI=1S/C5H8N2O.C2H6/c1-4(6)5-2-3-8-7-5;1-2/h2-4H,6H2,1H3;1-2H3. The normalized spacial score (nSPS) is 11.6. The Labute approximate surface area is 61.2 Å². The average Bonchev–Trinajstić information content (AvgIpc) is 2.42. The lowest BCUT2D eigenvalue weighted by Gasteiger charge is -1.93. The molecule has 0 saturated carbocycles. The lowest BCUT2D eigenvalue weighted by atomic mass is 10.3. The fraction of sp³-hybridized carbons (Fsp3) is 0.571. The van der Waals surface area contributed by atoms with Crippen molar-refractivity contribution in [1.82, 2.24) is 5.16 Å². The van der Waals surface area contributed by atoms with Gasteiger partial charge < -0.3 is 10.3 Å². The molecule has 0 fully saturated rings. The van der Waals surface area contributed by atoms with Gasteiger partial charge in [-0.15, -0.1) is 0 Å². The zero-order valence-corrected chi connectivity index (χ0v) is 6.66. The minimum Gasteiger partial charge on any atom is -0.364 e. The molecule has 58 valence electrons. The minimum atomic E-state index is -0.0197. The van der Waals surface area contributed by atoms with Crippen LogP contribution >= 0.6 is 0 Å². The molecule has 0 saturated heterocycles. The van der Waals surface area contributed by atoms with E-state index in [0.29, 0.717) is 0 Å². The zero-order chi connectivity index (χ0) is 7.98. The van der Waals surface area contributed by atoms with Gasteiger partial charge in [0, 0.05) is 12.1 Å². The van der Waals surface area contributed by atoms with Gasteiger partial charge in [-0.3, -0.25) is 0 Å². The van der Waals surface area contributed by atoms with Gasteiger partial charge in [-0.25, -0.2) is 0 Å². The lowest BCUT2D eigenvalue weighted by Crippen LogP contribution is -2.04. The molecule has 1 unspecified atom stereocenters. The highest BCUT2D eigenvalue weighted by Crippen LogP contribution is 2.03. The summed E-state index contributed by atoms with van der Waals surface area (Å²) in [4.78, 5) is 0. The number of hydrogen-bond acceptors (Lipinski definition) is 3. The van der Waals surface area contributed by atoms with Crippen LogP contribution in [0.2, 0.25) is 0 Å². The van der Waals surface area contributed by atoms with E-state index in [2.05, 4.69) is 9.68 Å². The number of rotatable bonds is 1. The van der Waals surface area contributed by atoms with Crippen molar-refractivity contribution < 1.29 is 4.52 Å². The zero-order valence-electron chi connectivity index (χ0n) is 6.66. The molecule has 3 nitrogen and oxygen atoms in total. The molecule has 0 aliphatic heterocycles. The van der Waals surface area contributed by atoms with Gasteiger partial charge in [-0.2, -0.15) is 0 Å². The summed E-state index contributed by atoms with van der Waals surface area (Å²) in [5.41, 5.74) is 6.23. The number of aromatic nitrogens is 1. The molecule has 0 radical (unpaired) electrons. The SMILES string of the molecule is CC.CC(N)c1ccon1. The van der Waals surface area contributed by atoms with Gasteiger partial charge in [0.1, 0.15) is 6.26 Å². The van der Waals surface area contributed by atoms with E-state index in [4.69, 9.17) is 5.73 Å². The van der Waals surface area contributed by atoms with Crippen molar-refractivity contribution in [2.24, 2.45) is 5.73 Å². The first-order valence-corrected chi connectivity index (χ1v) is 3.46. The molecule has 1 heterocycles. The Morgan fingerprint density at radius 3 is 2.40 bits per heavy atom. The van der Waals surface area contributed by atoms with E-state index >= 15 is 0 Å². The molecule has 0 amide bonds. The molecular formula is C7H14N2O. The van der Waals surface area contributed by atoms with Crippen LogP contribution in [0.1, 0.15) is 32.5 Å². The first-order chi connectivity index (χ1) is 4.80. The van der Waals surface area contributed by atoms with Gasteiger partial charge in [0.25, 0.3) is 0 Å². The van der Waals surface area contributed by atoms with Crippen LogP contribution in [0.4, 0.5) is 0 Å². The van der Waals surface area contributed by atoms with Crippen LogP contribution in [-0.4, -0.2) is 5.16 Å². The molecule has 1 aromatic heterocycles. The van der Waals surface area contributed by atoms with Crippen LogP contribution in [-0.2, 0) is 0 Å². The van der Waals surface area contributed by atoms with Gasteiger partial charge >= 0.3 is 0 Å². The fourth-order valence-corrected chi connectivity index (χ4v) is 0.457. The van der Waals surface area contributed by atoms with E-state index < -0.39 is 0 Å². The minimum absolute atomic E-state index is 0.0197. The Morgan fingerprint density at radius 1 is 1.60 bits per heavy atom. The van der Waals surface area contributed by atoms with Crippen molar-refractivity contribution >= 4 is 0 Å². The molecule has 2 N–H and O–H groups in total. The smallest absolute Gasteiger partial charge is 0.124 e. The number of hydrogen-bond donors (Lipinski definition) is 1. The third kappa shape index (κ3) is 2.64. The molecule has 10 heavy (non-hydrogen) atoms. The van der Waals surface area contributed by atoms with Crippen molar-refractivity contribution in [2.45, 2.75) is 26.8 Å². The Bertz CT molecular complexity index is 147. The molecule has 1 rings (SSSR count). The van der Waals surface area contributed by atoms with Crippen LogP contribution in [0.15, 0.2) is 16.9 Å². The Morgan fingerprint density at radius 2 is 2.20 bits per heavy atom. The van der Waals surface area contributed by atoms with E-state index in [1.165, 1.54) is 6.26 Å². The molecule has 1 aromatic rings. The van der Waals surface area contributed by atoms with Crippen molar-refractivity contribution in [2.75, 3.05) is 0 Å². The first-order valence-electron chi connectivity index (χ1n) is 3.46. The summed E-state index contributed by atoms with van der Waals surface area (Å²) in [5, 5.41) is 3.62. The van der Waals surface area contributed by atoms with Crippen LogP contribution in [0.25, 0.3) is 0 Å². The maximum Gasteiger partial charge on any atom is 0.124 e. The summed E-state index contributed by atoms with van der Waals surface area (Å²) >= 11 is 0. The maximum absolute atomic E-state index is 5.44.